The van der Waals surface area contributed by atoms with Gasteiger partial charge in [0, 0.05) is 9.89 Å². The van der Waals surface area contributed by atoms with E-state index in [1.807, 2.05) is 19.1 Å². The summed E-state index contributed by atoms with van der Waals surface area (Å²) in [5.41, 5.74) is 7.79. The molecule has 1 aromatic carbocycles. The standard InChI is InChI=1S/C18H24BrNO2/c1-3-22-16(21)18(20)15-9-14(19)7-6-13(15)11-17(18)8-4-5-12(2)10-17/h6-7,9,12H,3-5,8,10-11,20H2,1-2H3/t12-,17+,18-/m1/s1. The van der Waals surface area contributed by atoms with E-state index >= 15 is 0 Å². The maximum atomic E-state index is 12.9. The van der Waals surface area contributed by atoms with Crippen molar-refractivity contribution in [3.63, 3.8) is 0 Å². The summed E-state index contributed by atoms with van der Waals surface area (Å²) in [7, 11) is 0. The van der Waals surface area contributed by atoms with Crippen molar-refractivity contribution in [3.05, 3.63) is 33.8 Å². The van der Waals surface area contributed by atoms with Gasteiger partial charge in [0.15, 0.2) is 0 Å². The minimum Gasteiger partial charge on any atom is -0.464 e. The van der Waals surface area contributed by atoms with Gasteiger partial charge in [-0.3, -0.25) is 0 Å². The lowest BCUT2D eigenvalue weighted by molar-refractivity contribution is -0.157. The Kier molecular flexibility index (Phi) is 4.11. The van der Waals surface area contributed by atoms with Crippen LogP contribution in [0.25, 0.3) is 0 Å². The number of hydrogen-bond donors (Lipinski definition) is 1. The fourth-order valence-corrected chi connectivity index (χ4v) is 4.97. The highest BCUT2D eigenvalue weighted by atomic mass is 79.9. The van der Waals surface area contributed by atoms with Crippen LogP contribution in [-0.4, -0.2) is 12.6 Å². The number of ether oxygens (including phenoxy) is 1. The second-order valence-electron chi connectivity index (χ2n) is 6.99. The Hall–Kier alpha value is -0.870. The smallest absolute Gasteiger partial charge is 0.331 e. The van der Waals surface area contributed by atoms with Gasteiger partial charge in [-0.15, -0.1) is 0 Å². The summed E-state index contributed by atoms with van der Waals surface area (Å²) >= 11 is 3.52. The van der Waals surface area contributed by atoms with Crippen molar-refractivity contribution in [2.24, 2.45) is 17.1 Å². The minimum absolute atomic E-state index is 0.194. The van der Waals surface area contributed by atoms with Crippen molar-refractivity contribution in [2.45, 2.75) is 51.5 Å². The number of carbonyl (C=O) groups is 1. The molecule has 0 amide bonds. The summed E-state index contributed by atoms with van der Waals surface area (Å²) in [4.78, 5) is 12.9. The zero-order chi connectivity index (χ0) is 16.0. The van der Waals surface area contributed by atoms with E-state index in [9.17, 15) is 4.79 Å². The van der Waals surface area contributed by atoms with Crippen molar-refractivity contribution in [2.75, 3.05) is 6.61 Å². The van der Waals surface area contributed by atoms with Gasteiger partial charge in [0.05, 0.1) is 6.61 Å². The molecule has 0 bridgehead atoms. The summed E-state index contributed by atoms with van der Waals surface area (Å²) < 4.78 is 6.37. The second-order valence-corrected chi connectivity index (χ2v) is 7.90. The van der Waals surface area contributed by atoms with Crippen LogP contribution in [0.4, 0.5) is 0 Å². The molecule has 0 saturated heterocycles. The van der Waals surface area contributed by atoms with Crippen LogP contribution < -0.4 is 5.73 Å². The number of benzene rings is 1. The molecule has 2 aliphatic carbocycles. The SMILES string of the molecule is CCOC(=O)[C@]1(N)c2cc(Br)ccc2C[C@@]12CCC[C@@H](C)C2. The van der Waals surface area contributed by atoms with Crippen molar-refractivity contribution in [1.82, 2.24) is 0 Å². The molecule has 1 saturated carbocycles. The highest BCUT2D eigenvalue weighted by Crippen LogP contribution is 2.58. The Balaban J connectivity index is 2.14. The third-order valence-electron chi connectivity index (χ3n) is 5.55. The van der Waals surface area contributed by atoms with Crippen LogP contribution in [-0.2, 0) is 21.5 Å². The first-order chi connectivity index (χ1) is 10.4. The van der Waals surface area contributed by atoms with Crippen LogP contribution >= 0.6 is 15.9 Å². The van der Waals surface area contributed by atoms with Crippen LogP contribution in [0, 0.1) is 11.3 Å². The van der Waals surface area contributed by atoms with Gasteiger partial charge < -0.3 is 10.5 Å². The molecule has 2 N–H and O–H groups in total. The molecule has 3 nitrogen and oxygen atoms in total. The molecule has 3 rings (SSSR count). The fraction of sp³-hybridized carbons (Fsp3) is 0.611. The largest absolute Gasteiger partial charge is 0.464 e. The molecule has 0 heterocycles. The van der Waals surface area contributed by atoms with Crippen LogP contribution in [0.15, 0.2) is 22.7 Å². The lowest BCUT2D eigenvalue weighted by Gasteiger charge is -2.46. The van der Waals surface area contributed by atoms with Crippen molar-refractivity contribution >= 4 is 21.9 Å². The average Bonchev–Trinajstić information content (AvgIpc) is 2.70. The predicted octanol–water partition coefficient (Wildman–Crippen LogP) is 3.92. The zero-order valence-corrected chi connectivity index (χ0v) is 14.9. The van der Waals surface area contributed by atoms with Gasteiger partial charge in [-0.1, -0.05) is 41.8 Å². The Morgan fingerprint density at radius 3 is 2.95 bits per heavy atom. The summed E-state index contributed by atoms with van der Waals surface area (Å²) in [6.45, 7) is 4.48. The molecule has 0 aromatic heterocycles. The lowest BCUT2D eigenvalue weighted by Crippen LogP contribution is -2.58. The van der Waals surface area contributed by atoms with Gasteiger partial charge in [0.2, 0.25) is 0 Å². The number of carbonyl (C=O) groups excluding carboxylic acids is 1. The van der Waals surface area contributed by atoms with E-state index in [2.05, 4.69) is 28.9 Å². The van der Waals surface area contributed by atoms with Gasteiger partial charge in [0.25, 0.3) is 0 Å². The van der Waals surface area contributed by atoms with Gasteiger partial charge in [-0.05, 0) is 55.4 Å². The second kappa shape index (κ2) is 5.64. The molecule has 2 aliphatic rings. The van der Waals surface area contributed by atoms with Gasteiger partial charge >= 0.3 is 5.97 Å². The maximum Gasteiger partial charge on any atom is 0.331 e. The van der Waals surface area contributed by atoms with E-state index in [0.29, 0.717) is 12.5 Å². The van der Waals surface area contributed by atoms with E-state index in [4.69, 9.17) is 10.5 Å². The molecule has 4 heteroatoms. The lowest BCUT2D eigenvalue weighted by atomic mass is 9.60. The Morgan fingerprint density at radius 2 is 2.27 bits per heavy atom. The molecular weight excluding hydrogens is 342 g/mol. The van der Waals surface area contributed by atoms with Crippen molar-refractivity contribution < 1.29 is 9.53 Å². The first-order valence-electron chi connectivity index (χ1n) is 8.18. The zero-order valence-electron chi connectivity index (χ0n) is 13.3. The van der Waals surface area contributed by atoms with Gasteiger partial charge in [-0.25, -0.2) is 4.79 Å². The van der Waals surface area contributed by atoms with Crippen LogP contribution in [0.2, 0.25) is 0 Å². The van der Waals surface area contributed by atoms with Crippen LogP contribution in [0.5, 0.6) is 0 Å². The summed E-state index contributed by atoms with van der Waals surface area (Å²) in [5.74, 6) is 0.338. The highest BCUT2D eigenvalue weighted by molar-refractivity contribution is 9.10. The molecule has 120 valence electrons. The minimum atomic E-state index is -1.02. The molecular formula is C18H24BrNO2. The average molecular weight is 366 g/mol. The molecule has 3 atom stereocenters. The van der Waals surface area contributed by atoms with Crippen molar-refractivity contribution in [1.29, 1.82) is 0 Å². The molecule has 0 unspecified atom stereocenters. The predicted molar refractivity (Wildman–Crippen MR) is 90.4 cm³/mol. The van der Waals surface area contributed by atoms with E-state index in [1.165, 1.54) is 12.0 Å². The summed E-state index contributed by atoms with van der Waals surface area (Å²) in [6.07, 6.45) is 5.23. The van der Waals surface area contributed by atoms with Gasteiger partial charge in [0.1, 0.15) is 5.54 Å². The number of rotatable bonds is 2. The number of hydrogen-bond acceptors (Lipinski definition) is 3. The molecule has 1 spiro atoms. The number of esters is 1. The van der Waals surface area contributed by atoms with Gasteiger partial charge in [-0.2, -0.15) is 0 Å². The van der Waals surface area contributed by atoms with E-state index in [1.54, 1.807) is 0 Å². The summed E-state index contributed by atoms with van der Waals surface area (Å²) in [6, 6.07) is 6.16. The van der Waals surface area contributed by atoms with E-state index in [-0.39, 0.29) is 11.4 Å². The Bertz CT molecular complexity index is 603. The first kappa shape index (κ1) is 16.0. The Morgan fingerprint density at radius 1 is 1.50 bits per heavy atom. The maximum absolute atomic E-state index is 12.9. The molecule has 0 radical (unpaired) electrons. The number of fused-ring (bicyclic) bond motifs is 1. The number of halogens is 1. The van der Waals surface area contributed by atoms with E-state index in [0.717, 1.165) is 35.7 Å². The molecule has 1 aromatic rings. The molecule has 0 aliphatic heterocycles. The fourth-order valence-electron chi connectivity index (χ4n) is 4.61. The molecule has 22 heavy (non-hydrogen) atoms. The van der Waals surface area contributed by atoms with Crippen molar-refractivity contribution in [3.8, 4) is 0 Å². The number of nitrogens with two attached hydrogens (primary N) is 1. The first-order valence-corrected chi connectivity index (χ1v) is 8.97. The third-order valence-corrected chi connectivity index (χ3v) is 6.04. The normalized spacial score (nSPS) is 33.7. The quantitative estimate of drug-likeness (QED) is 0.808. The molecule has 1 fully saturated rings. The highest BCUT2D eigenvalue weighted by Gasteiger charge is 2.61. The monoisotopic (exact) mass is 365 g/mol. The van der Waals surface area contributed by atoms with E-state index < -0.39 is 5.54 Å². The van der Waals surface area contributed by atoms with Crippen LogP contribution in [0.3, 0.4) is 0 Å². The topological polar surface area (TPSA) is 52.3 Å². The summed E-state index contributed by atoms with van der Waals surface area (Å²) in [5, 5.41) is 0. The Labute approximate surface area is 140 Å². The third kappa shape index (κ3) is 2.23. The van der Waals surface area contributed by atoms with Crippen LogP contribution in [0.1, 0.15) is 50.7 Å².